The maximum Gasteiger partial charge on any atom is 0.313 e. The molecule has 0 aliphatic rings. The number of aliphatic carboxylic acids is 1. The van der Waals surface area contributed by atoms with E-state index in [-0.39, 0.29) is 5.75 Å². The second kappa shape index (κ2) is 5.81. The molecule has 0 heterocycles. The van der Waals surface area contributed by atoms with Gasteiger partial charge in [0.1, 0.15) is 0 Å². The summed E-state index contributed by atoms with van der Waals surface area (Å²) >= 11 is 1.43. The van der Waals surface area contributed by atoms with E-state index in [1.165, 1.54) is 22.9 Å². The first-order chi connectivity index (χ1) is 7.09. The van der Waals surface area contributed by atoms with Gasteiger partial charge in [0.2, 0.25) is 0 Å². The van der Waals surface area contributed by atoms with E-state index in [0.29, 0.717) is 5.92 Å². The van der Waals surface area contributed by atoms with Crippen molar-refractivity contribution < 1.29 is 9.90 Å². The minimum Gasteiger partial charge on any atom is -0.481 e. The van der Waals surface area contributed by atoms with Crippen LogP contribution in [0.2, 0.25) is 0 Å². The van der Waals surface area contributed by atoms with Crippen LogP contribution in [0.15, 0.2) is 24.3 Å². The highest BCUT2D eigenvalue weighted by Crippen LogP contribution is 2.17. The first-order valence-electron chi connectivity index (χ1n) is 4.98. The second-order valence-corrected chi connectivity index (χ2v) is 4.77. The number of carboxylic acid groups (broad SMARTS) is 1. The standard InChI is InChI=1S/C12H16O2S/c1-9(2)11-5-3-10(4-6-11)7-15-8-12(13)14/h3-6,9H,7-8H2,1-2H3,(H,13,14). The highest BCUT2D eigenvalue weighted by molar-refractivity contribution is 7.99. The zero-order valence-electron chi connectivity index (χ0n) is 9.06. The summed E-state index contributed by atoms with van der Waals surface area (Å²) in [4.78, 5) is 10.3. The molecule has 3 heteroatoms. The van der Waals surface area contributed by atoms with Gasteiger partial charge in [-0.2, -0.15) is 0 Å². The molecule has 0 spiro atoms. The van der Waals surface area contributed by atoms with E-state index in [2.05, 4.69) is 38.1 Å². The van der Waals surface area contributed by atoms with Gasteiger partial charge in [0.05, 0.1) is 5.75 Å². The second-order valence-electron chi connectivity index (χ2n) is 3.78. The summed E-state index contributed by atoms with van der Waals surface area (Å²) in [6.45, 7) is 4.32. The van der Waals surface area contributed by atoms with Gasteiger partial charge < -0.3 is 5.11 Å². The van der Waals surface area contributed by atoms with Crippen LogP contribution in [-0.4, -0.2) is 16.8 Å². The van der Waals surface area contributed by atoms with Gasteiger partial charge in [0, 0.05) is 5.75 Å². The molecule has 2 nitrogen and oxygen atoms in total. The van der Waals surface area contributed by atoms with Crippen LogP contribution < -0.4 is 0 Å². The van der Waals surface area contributed by atoms with Crippen LogP contribution in [0.5, 0.6) is 0 Å². The van der Waals surface area contributed by atoms with E-state index in [9.17, 15) is 4.79 Å². The molecular formula is C12H16O2S. The smallest absolute Gasteiger partial charge is 0.313 e. The topological polar surface area (TPSA) is 37.3 Å². The third kappa shape index (κ3) is 4.38. The Hall–Kier alpha value is -0.960. The first kappa shape index (κ1) is 12.1. The Balaban J connectivity index is 2.46. The van der Waals surface area contributed by atoms with Gasteiger partial charge in [0.15, 0.2) is 0 Å². The summed E-state index contributed by atoms with van der Waals surface area (Å²) in [7, 11) is 0. The molecule has 0 unspecified atom stereocenters. The summed E-state index contributed by atoms with van der Waals surface area (Å²) in [5.41, 5.74) is 2.51. The summed E-state index contributed by atoms with van der Waals surface area (Å²) in [6, 6.07) is 8.37. The molecule has 0 aromatic heterocycles. The van der Waals surface area contributed by atoms with Crippen LogP contribution in [-0.2, 0) is 10.5 Å². The number of rotatable bonds is 5. The largest absolute Gasteiger partial charge is 0.481 e. The minimum absolute atomic E-state index is 0.173. The first-order valence-corrected chi connectivity index (χ1v) is 6.13. The molecule has 0 fully saturated rings. The van der Waals surface area contributed by atoms with Crippen LogP contribution in [0.4, 0.5) is 0 Å². The molecular weight excluding hydrogens is 208 g/mol. The molecule has 1 N–H and O–H groups in total. The molecule has 0 saturated heterocycles. The minimum atomic E-state index is -0.751. The molecule has 0 aliphatic heterocycles. The molecule has 0 bridgehead atoms. The van der Waals surface area contributed by atoms with Crippen molar-refractivity contribution in [3.05, 3.63) is 35.4 Å². The number of carbonyl (C=O) groups is 1. The quantitative estimate of drug-likeness (QED) is 0.835. The normalized spacial score (nSPS) is 10.6. The van der Waals surface area contributed by atoms with E-state index in [1.54, 1.807) is 0 Å². The lowest BCUT2D eigenvalue weighted by molar-refractivity contribution is -0.133. The number of carboxylic acids is 1. The summed E-state index contributed by atoms with van der Waals surface area (Å²) in [6.07, 6.45) is 0. The Labute approximate surface area is 94.7 Å². The molecule has 1 aromatic carbocycles. The van der Waals surface area contributed by atoms with E-state index < -0.39 is 5.97 Å². The molecule has 1 aromatic rings. The van der Waals surface area contributed by atoms with Gasteiger partial charge in [-0.25, -0.2) is 0 Å². The SMILES string of the molecule is CC(C)c1ccc(CSCC(=O)O)cc1. The molecule has 0 saturated carbocycles. The van der Waals surface area contributed by atoms with Crippen molar-refractivity contribution in [2.45, 2.75) is 25.5 Å². The van der Waals surface area contributed by atoms with E-state index in [0.717, 1.165) is 5.75 Å². The van der Waals surface area contributed by atoms with Crippen LogP contribution in [0.1, 0.15) is 30.9 Å². The predicted molar refractivity (Wildman–Crippen MR) is 64.3 cm³/mol. The maximum atomic E-state index is 10.3. The molecule has 0 amide bonds. The average molecular weight is 224 g/mol. The summed E-state index contributed by atoms with van der Waals surface area (Å²) in [5.74, 6) is 0.737. The van der Waals surface area contributed by atoms with Crippen LogP contribution in [0, 0.1) is 0 Å². The van der Waals surface area contributed by atoms with E-state index >= 15 is 0 Å². The maximum absolute atomic E-state index is 10.3. The van der Waals surface area contributed by atoms with Gasteiger partial charge in [-0.15, -0.1) is 11.8 Å². The van der Waals surface area contributed by atoms with Gasteiger partial charge in [-0.3, -0.25) is 4.79 Å². The van der Waals surface area contributed by atoms with E-state index in [4.69, 9.17) is 5.11 Å². The fourth-order valence-corrected chi connectivity index (χ4v) is 1.96. The zero-order valence-corrected chi connectivity index (χ0v) is 9.88. The lowest BCUT2D eigenvalue weighted by Gasteiger charge is -2.06. The Morgan fingerprint density at radius 1 is 1.33 bits per heavy atom. The molecule has 0 radical (unpaired) electrons. The van der Waals surface area contributed by atoms with Crippen LogP contribution in [0.3, 0.4) is 0 Å². The third-order valence-corrected chi connectivity index (χ3v) is 3.13. The summed E-state index contributed by atoms with van der Waals surface area (Å²) in [5, 5.41) is 8.49. The molecule has 82 valence electrons. The number of hydrogen-bond acceptors (Lipinski definition) is 2. The van der Waals surface area contributed by atoms with Crippen molar-refractivity contribution in [1.29, 1.82) is 0 Å². The van der Waals surface area contributed by atoms with Crippen molar-refractivity contribution in [2.75, 3.05) is 5.75 Å². The predicted octanol–water partition coefficient (Wildman–Crippen LogP) is 3.13. The monoisotopic (exact) mass is 224 g/mol. The Morgan fingerprint density at radius 2 is 1.93 bits per heavy atom. The van der Waals surface area contributed by atoms with Crippen molar-refractivity contribution in [3.63, 3.8) is 0 Å². The van der Waals surface area contributed by atoms with Gasteiger partial charge >= 0.3 is 5.97 Å². The van der Waals surface area contributed by atoms with Crippen molar-refractivity contribution in [3.8, 4) is 0 Å². The lowest BCUT2D eigenvalue weighted by Crippen LogP contribution is -1.98. The highest BCUT2D eigenvalue weighted by Gasteiger charge is 2.00. The van der Waals surface area contributed by atoms with Crippen molar-refractivity contribution >= 4 is 17.7 Å². The van der Waals surface area contributed by atoms with E-state index in [1.807, 2.05) is 0 Å². The number of benzene rings is 1. The zero-order chi connectivity index (χ0) is 11.3. The Morgan fingerprint density at radius 3 is 2.40 bits per heavy atom. The van der Waals surface area contributed by atoms with Crippen LogP contribution in [0.25, 0.3) is 0 Å². The Kier molecular flexibility index (Phi) is 4.69. The fourth-order valence-electron chi connectivity index (χ4n) is 1.25. The Bertz CT molecular complexity index is 317. The molecule has 0 atom stereocenters. The molecule has 0 aliphatic carbocycles. The number of thioether (sulfide) groups is 1. The van der Waals surface area contributed by atoms with Crippen LogP contribution >= 0.6 is 11.8 Å². The summed E-state index contributed by atoms with van der Waals surface area (Å²) < 4.78 is 0. The third-order valence-electron chi connectivity index (χ3n) is 2.14. The molecule has 1 rings (SSSR count). The number of hydrogen-bond donors (Lipinski definition) is 1. The van der Waals surface area contributed by atoms with Crippen molar-refractivity contribution in [2.24, 2.45) is 0 Å². The lowest BCUT2D eigenvalue weighted by atomic mass is 10.0. The van der Waals surface area contributed by atoms with Gasteiger partial charge in [-0.1, -0.05) is 38.1 Å². The average Bonchev–Trinajstić information content (AvgIpc) is 2.18. The van der Waals surface area contributed by atoms with Crippen molar-refractivity contribution in [1.82, 2.24) is 0 Å². The molecule has 15 heavy (non-hydrogen) atoms. The van der Waals surface area contributed by atoms with Gasteiger partial charge in [0.25, 0.3) is 0 Å². The highest BCUT2D eigenvalue weighted by atomic mass is 32.2. The van der Waals surface area contributed by atoms with Gasteiger partial charge in [-0.05, 0) is 17.0 Å². The fraction of sp³-hybridized carbons (Fsp3) is 0.417.